The molecule has 64 valence electrons. The van der Waals surface area contributed by atoms with Gasteiger partial charge < -0.3 is 4.74 Å². The zero-order chi connectivity index (χ0) is 8.89. The highest BCUT2D eigenvalue weighted by Crippen LogP contribution is 2.49. The largest absolute Gasteiger partial charge is 0.348 e. The topological polar surface area (TPSA) is 29.6 Å². The molecular formula is C11H8O2. The normalized spacial score (nSPS) is 33.4. The van der Waals surface area contributed by atoms with Crippen LogP contribution in [0.1, 0.15) is 11.1 Å². The molecule has 2 aliphatic rings. The molecule has 2 unspecified atom stereocenters. The number of carbonyl (C=O) groups is 1. The molecule has 0 saturated carbocycles. The fourth-order valence-corrected chi connectivity index (χ4v) is 1.92. The second kappa shape index (κ2) is 2.09. The van der Waals surface area contributed by atoms with E-state index < -0.39 is 5.60 Å². The number of hydrogen-bond donors (Lipinski definition) is 0. The van der Waals surface area contributed by atoms with Crippen molar-refractivity contribution >= 4 is 12.4 Å². The van der Waals surface area contributed by atoms with Crippen LogP contribution in [-0.4, -0.2) is 12.4 Å². The van der Waals surface area contributed by atoms with Crippen LogP contribution in [0.5, 0.6) is 0 Å². The summed E-state index contributed by atoms with van der Waals surface area (Å²) >= 11 is 0. The molecule has 0 amide bonds. The van der Waals surface area contributed by atoms with Crippen molar-refractivity contribution in [3.05, 3.63) is 41.5 Å². The molecule has 1 aromatic carbocycles. The Morgan fingerprint density at radius 1 is 1.38 bits per heavy atom. The van der Waals surface area contributed by atoms with E-state index in [1.54, 1.807) is 0 Å². The summed E-state index contributed by atoms with van der Waals surface area (Å²) < 4.78 is 5.39. The van der Waals surface area contributed by atoms with Gasteiger partial charge in [-0.3, -0.25) is 4.79 Å². The fourth-order valence-electron chi connectivity index (χ4n) is 1.92. The quantitative estimate of drug-likeness (QED) is 0.474. The van der Waals surface area contributed by atoms with Gasteiger partial charge in [0.1, 0.15) is 6.10 Å². The predicted octanol–water partition coefficient (Wildman–Crippen LogP) is 1.51. The predicted molar refractivity (Wildman–Crippen MR) is 48.1 cm³/mol. The van der Waals surface area contributed by atoms with E-state index in [-0.39, 0.29) is 6.10 Å². The average molecular weight is 172 g/mol. The zero-order valence-corrected chi connectivity index (χ0v) is 6.94. The summed E-state index contributed by atoms with van der Waals surface area (Å²) in [5, 5.41) is 0. The van der Waals surface area contributed by atoms with Gasteiger partial charge in [-0.05, 0) is 5.56 Å². The van der Waals surface area contributed by atoms with Crippen molar-refractivity contribution in [2.75, 3.05) is 0 Å². The molecule has 0 bridgehead atoms. The first-order chi connectivity index (χ1) is 6.37. The first kappa shape index (κ1) is 7.04. The number of benzene rings is 1. The van der Waals surface area contributed by atoms with Crippen LogP contribution < -0.4 is 0 Å². The van der Waals surface area contributed by atoms with Crippen LogP contribution in [0.3, 0.4) is 0 Å². The third kappa shape index (κ3) is 0.736. The Bertz CT molecular complexity index is 408. The summed E-state index contributed by atoms with van der Waals surface area (Å²) in [4.78, 5) is 10.9. The number of rotatable bonds is 1. The lowest BCUT2D eigenvalue weighted by Crippen LogP contribution is -2.17. The molecule has 0 N–H and O–H groups in total. The van der Waals surface area contributed by atoms with Crippen molar-refractivity contribution < 1.29 is 9.53 Å². The zero-order valence-electron chi connectivity index (χ0n) is 6.94. The van der Waals surface area contributed by atoms with Crippen LogP contribution in [0.2, 0.25) is 0 Å². The van der Waals surface area contributed by atoms with Crippen LogP contribution in [0.4, 0.5) is 0 Å². The number of carbonyl (C=O) groups excluding carboxylic acids is 1. The van der Waals surface area contributed by atoms with E-state index in [1.807, 2.05) is 36.4 Å². The van der Waals surface area contributed by atoms with Gasteiger partial charge in [0.15, 0.2) is 11.9 Å². The van der Waals surface area contributed by atoms with Gasteiger partial charge in [0, 0.05) is 5.56 Å². The molecule has 13 heavy (non-hydrogen) atoms. The molecular weight excluding hydrogens is 164 g/mol. The highest BCUT2D eigenvalue weighted by atomic mass is 16.6. The van der Waals surface area contributed by atoms with Gasteiger partial charge in [0.2, 0.25) is 0 Å². The lowest BCUT2D eigenvalue weighted by Gasteiger charge is -2.11. The highest BCUT2D eigenvalue weighted by molar-refractivity contribution is 5.79. The Labute approximate surface area is 75.8 Å². The second-order valence-electron chi connectivity index (χ2n) is 3.40. The number of epoxide rings is 1. The van der Waals surface area contributed by atoms with Crippen LogP contribution in [0.25, 0.3) is 6.08 Å². The Kier molecular flexibility index (Phi) is 1.13. The SMILES string of the molecule is O=CC12OC1C=Cc1ccccc12. The molecule has 1 fully saturated rings. The molecule has 1 aliphatic heterocycles. The molecule has 0 spiro atoms. The van der Waals surface area contributed by atoms with Crippen molar-refractivity contribution in [3.63, 3.8) is 0 Å². The molecule has 2 atom stereocenters. The minimum absolute atomic E-state index is 0.0279. The van der Waals surface area contributed by atoms with Crippen molar-refractivity contribution in [1.82, 2.24) is 0 Å². The summed E-state index contributed by atoms with van der Waals surface area (Å²) in [7, 11) is 0. The summed E-state index contributed by atoms with van der Waals surface area (Å²) in [6.07, 6.45) is 4.82. The molecule has 1 saturated heterocycles. The Hall–Kier alpha value is -1.41. The average Bonchev–Trinajstić information content (AvgIpc) is 2.93. The van der Waals surface area contributed by atoms with Crippen LogP contribution >= 0.6 is 0 Å². The molecule has 1 aromatic rings. The number of aldehydes is 1. The van der Waals surface area contributed by atoms with Gasteiger partial charge in [-0.1, -0.05) is 36.4 Å². The minimum atomic E-state index is -0.647. The van der Waals surface area contributed by atoms with Gasteiger partial charge in [-0.2, -0.15) is 0 Å². The van der Waals surface area contributed by atoms with Crippen molar-refractivity contribution in [2.24, 2.45) is 0 Å². The highest BCUT2D eigenvalue weighted by Gasteiger charge is 2.58. The van der Waals surface area contributed by atoms with Crippen molar-refractivity contribution in [1.29, 1.82) is 0 Å². The maximum atomic E-state index is 10.9. The molecule has 3 rings (SSSR count). The van der Waals surface area contributed by atoms with Gasteiger partial charge in [0.25, 0.3) is 0 Å². The van der Waals surface area contributed by atoms with E-state index in [2.05, 4.69) is 0 Å². The van der Waals surface area contributed by atoms with E-state index in [0.29, 0.717) is 0 Å². The lowest BCUT2D eigenvalue weighted by atomic mass is 9.88. The smallest absolute Gasteiger partial charge is 0.179 e. The molecule has 1 aliphatic carbocycles. The first-order valence-electron chi connectivity index (χ1n) is 4.29. The van der Waals surface area contributed by atoms with E-state index in [1.165, 1.54) is 0 Å². The monoisotopic (exact) mass is 172 g/mol. The summed E-state index contributed by atoms with van der Waals surface area (Å²) in [5.41, 5.74) is 1.44. The third-order valence-corrected chi connectivity index (χ3v) is 2.69. The van der Waals surface area contributed by atoms with E-state index in [4.69, 9.17) is 4.74 Å². The van der Waals surface area contributed by atoms with Crippen LogP contribution in [-0.2, 0) is 15.1 Å². The lowest BCUT2D eigenvalue weighted by molar-refractivity contribution is -0.112. The maximum absolute atomic E-state index is 10.9. The summed E-state index contributed by atoms with van der Waals surface area (Å²) in [5.74, 6) is 0. The summed E-state index contributed by atoms with van der Waals surface area (Å²) in [6, 6.07) is 7.84. The van der Waals surface area contributed by atoms with Crippen molar-refractivity contribution in [2.45, 2.75) is 11.7 Å². The van der Waals surface area contributed by atoms with Gasteiger partial charge in [0.05, 0.1) is 0 Å². The Morgan fingerprint density at radius 3 is 3.08 bits per heavy atom. The number of ether oxygens (including phenoxy) is 1. The minimum Gasteiger partial charge on any atom is -0.348 e. The number of fused-ring (bicyclic) bond motifs is 3. The molecule has 2 nitrogen and oxygen atoms in total. The molecule has 0 aromatic heterocycles. The van der Waals surface area contributed by atoms with Crippen molar-refractivity contribution in [3.8, 4) is 0 Å². The third-order valence-electron chi connectivity index (χ3n) is 2.69. The Morgan fingerprint density at radius 2 is 2.23 bits per heavy atom. The second-order valence-corrected chi connectivity index (χ2v) is 3.40. The summed E-state index contributed by atoms with van der Waals surface area (Å²) in [6.45, 7) is 0. The number of hydrogen-bond acceptors (Lipinski definition) is 2. The molecule has 0 radical (unpaired) electrons. The van der Waals surface area contributed by atoms with E-state index in [9.17, 15) is 4.79 Å². The Balaban J connectivity index is 2.26. The van der Waals surface area contributed by atoms with Gasteiger partial charge >= 0.3 is 0 Å². The standard InChI is InChI=1S/C11H8O2/c12-7-11-9-4-2-1-3-8(9)5-6-10(11)13-11/h1-7,10H. The first-order valence-corrected chi connectivity index (χ1v) is 4.29. The fraction of sp³-hybridized carbons (Fsp3) is 0.182. The van der Waals surface area contributed by atoms with E-state index in [0.717, 1.165) is 17.4 Å². The van der Waals surface area contributed by atoms with Gasteiger partial charge in [-0.25, -0.2) is 0 Å². The van der Waals surface area contributed by atoms with E-state index >= 15 is 0 Å². The van der Waals surface area contributed by atoms with Crippen LogP contribution in [0, 0.1) is 0 Å². The molecule has 1 heterocycles. The maximum Gasteiger partial charge on any atom is 0.179 e. The molecule has 2 heteroatoms. The van der Waals surface area contributed by atoms with Gasteiger partial charge in [-0.15, -0.1) is 0 Å². The van der Waals surface area contributed by atoms with Crippen LogP contribution in [0.15, 0.2) is 30.3 Å².